The first-order valence-corrected chi connectivity index (χ1v) is 7.36. The van der Waals surface area contributed by atoms with Crippen LogP contribution in [-0.2, 0) is 0 Å². The first-order chi connectivity index (χ1) is 10.7. The number of rotatable bonds is 6. The molecule has 0 spiro atoms. The maximum atomic E-state index is 5.36. The SMILES string of the molecule is COc1ccc(/C=C/CNC(=S)c2ccc(OC)cc2)cc1. The van der Waals surface area contributed by atoms with Gasteiger partial charge in [-0.05, 0) is 42.0 Å². The Hall–Kier alpha value is -2.33. The molecule has 0 fully saturated rings. The van der Waals surface area contributed by atoms with Crippen LogP contribution in [0.3, 0.4) is 0 Å². The van der Waals surface area contributed by atoms with Crippen LogP contribution in [0.2, 0.25) is 0 Å². The normalized spacial score (nSPS) is 10.5. The van der Waals surface area contributed by atoms with Crippen LogP contribution >= 0.6 is 12.2 Å². The van der Waals surface area contributed by atoms with Crippen LogP contribution in [0.4, 0.5) is 0 Å². The molecule has 0 radical (unpaired) electrons. The molecule has 3 nitrogen and oxygen atoms in total. The molecular formula is C18H19NO2S. The molecule has 0 aliphatic carbocycles. The summed E-state index contributed by atoms with van der Waals surface area (Å²) < 4.78 is 10.3. The van der Waals surface area contributed by atoms with Gasteiger partial charge in [-0.25, -0.2) is 0 Å². The van der Waals surface area contributed by atoms with Crippen LogP contribution in [0.15, 0.2) is 54.6 Å². The van der Waals surface area contributed by atoms with E-state index >= 15 is 0 Å². The van der Waals surface area contributed by atoms with Gasteiger partial charge < -0.3 is 14.8 Å². The molecule has 0 saturated heterocycles. The van der Waals surface area contributed by atoms with Gasteiger partial charge in [-0.1, -0.05) is 36.5 Å². The van der Waals surface area contributed by atoms with Crippen LogP contribution in [0.1, 0.15) is 11.1 Å². The molecule has 0 aromatic heterocycles. The quantitative estimate of drug-likeness (QED) is 0.824. The Morgan fingerprint density at radius 1 is 0.955 bits per heavy atom. The molecule has 0 heterocycles. The second-order valence-electron chi connectivity index (χ2n) is 4.61. The molecular weight excluding hydrogens is 294 g/mol. The highest BCUT2D eigenvalue weighted by atomic mass is 32.1. The first kappa shape index (κ1) is 16.0. The lowest BCUT2D eigenvalue weighted by atomic mass is 10.2. The zero-order valence-electron chi connectivity index (χ0n) is 12.7. The molecule has 22 heavy (non-hydrogen) atoms. The summed E-state index contributed by atoms with van der Waals surface area (Å²) in [5, 5.41) is 3.21. The second kappa shape index (κ2) is 8.20. The average Bonchev–Trinajstić information content (AvgIpc) is 2.59. The number of hydrogen-bond donors (Lipinski definition) is 1. The van der Waals surface area contributed by atoms with Gasteiger partial charge in [0.25, 0.3) is 0 Å². The zero-order valence-corrected chi connectivity index (χ0v) is 13.5. The van der Waals surface area contributed by atoms with Crippen LogP contribution in [0.25, 0.3) is 6.08 Å². The van der Waals surface area contributed by atoms with Gasteiger partial charge in [0.1, 0.15) is 16.5 Å². The predicted octanol–water partition coefficient (Wildman–Crippen LogP) is 3.68. The fourth-order valence-electron chi connectivity index (χ4n) is 1.91. The first-order valence-electron chi connectivity index (χ1n) is 6.96. The van der Waals surface area contributed by atoms with Gasteiger partial charge in [-0.15, -0.1) is 0 Å². The summed E-state index contributed by atoms with van der Waals surface area (Å²) in [7, 11) is 3.31. The Labute approximate surface area is 136 Å². The molecule has 0 amide bonds. The highest BCUT2D eigenvalue weighted by Gasteiger charge is 1.99. The van der Waals surface area contributed by atoms with E-state index in [2.05, 4.69) is 5.32 Å². The lowest BCUT2D eigenvalue weighted by molar-refractivity contribution is 0.414. The highest BCUT2D eigenvalue weighted by molar-refractivity contribution is 7.80. The molecule has 2 rings (SSSR count). The van der Waals surface area contributed by atoms with E-state index in [0.29, 0.717) is 6.54 Å². The molecule has 0 atom stereocenters. The molecule has 1 N–H and O–H groups in total. The fourth-order valence-corrected chi connectivity index (χ4v) is 2.13. The van der Waals surface area contributed by atoms with Crippen molar-refractivity contribution in [1.82, 2.24) is 5.32 Å². The third-order valence-electron chi connectivity index (χ3n) is 3.16. The number of methoxy groups -OCH3 is 2. The lowest BCUT2D eigenvalue weighted by Crippen LogP contribution is -2.22. The number of ether oxygens (including phenoxy) is 2. The smallest absolute Gasteiger partial charge is 0.118 e. The Balaban J connectivity index is 1.83. The Bertz CT molecular complexity index is 633. The minimum Gasteiger partial charge on any atom is -0.497 e. The van der Waals surface area contributed by atoms with Crippen LogP contribution in [0.5, 0.6) is 11.5 Å². The van der Waals surface area contributed by atoms with Crippen molar-refractivity contribution in [3.63, 3.8) is 0 Å². The van der Waals surface area contributed by atoms with Gasteiger partial charge in [0.15, 0.2) is 0 Å². The van der Waals surface area contributed by atoms with Gasteiger partial charge in [-0.2, -0.15) is 0 Å². The van der Waals surface area contributed by atoms with E-state index in [-0.39, 0.29) is 0 Å². The minimum atomic E-state index is 0.677. The Kier molecular flexibility index (Phi) is 5.98. The van der Waals surface area contributed by atoms with E-state index in [1.807, 2.05) is 60.7 Å². The number of benzene rings is 2. The van der Waals surface area contributed by atoms with Crippen molar-refractivity contribution < 1.29 is 9.47 Å². The Morgan fingerprint density at radius 3 is 2.05 bits per heavy atom. The summed E-state index contributed by atoms with van der Waals surface area (Å²) in [4.78, 5) is 0.724. The van der Waals surface area contributed by atoms with Crippen molar-refractivity contribution in [3.05, 3.63) is 65.7 Å². The van der Waals surface area contributed by atoms with Crippen molar-refractivity contribution in [2.24, 2.45) is 0 Å². The predicted molar refractivity (Wildman–Crippen MR) is 94.7 cm³/mol. The summed E-state index contributed by atoms with van der Waals surface area (Å²) in [5.41, 5.74) is 2.10. The molecule has 0 unspecified atom stereocenters. The van der Waals surface area contributed by atoms with Gasteiger partial charge in [0.05, 0.1) is 14.2 Å². The minimum absolute atomic E-state index is 0.677. The molecule has 2 aromatic rings. The maximum absolute atomic E-state index is 5.36. The Morgan fingerprint density at radius 2 is 1.50 bits per heavy atom. The highest BCUT2D eigenvalue weighted by Crippen LogP contribution is 2.13. The summed E-state index contributed by atoms with van der Waals surface area (Å²) in [6.07, 6.45) is 4.08. The number of hydrogen-bond acceptors (Lipinski definition) is 3. The van der Waals surface area contributed by atoms with E-state index in [1.54, 1.807) is 14.2 Å². The molecule has 0 aliphatic rings. The number of thiocarbonyl (C=S) groups is 1. The van der Waals surface area contributed by atoms with Crippen molar-refractivity contribution in [2.45, 2.75) is 0 Å². The summed E-state index contributed by atoms with van der Waals surface area (Å²) in [6, 6.07) is 15.6. The van der Waals surface area contributed by atoms with E-state index in [1.165, 1.54) is 0 Å². The van der Waals surface area contributed by atoms with E-state index < -0.39 is 0 Å². The van der Waals surface area contributed by atoms with Crippen molar-refractivity contribution in [3.8, 4) is 11.5 Å². The monoisotopic (exact) mass is 313 g/mol. The summed E-state index contributed by atoms with van der Waals surface area (Å²) in [5.74, 6) is 1.68. The van der Waals surface area contributed by atoms with Gasteiger partial charge in [0, 0.05) is 12.1 Å². The molecule has 4 heteroatoms. The van der Waals surface area contributed by atoms with Gasteiger partial charge in [0.2, 0.25) is 0 Å². The van der Waals surface area contributed by atoms with Crippen molar-refractivity contribution in [1.29, 1.82) is 0 Å². The second-order valence-corrected chi connectivity index (χ2v) is 5.02. The summed E-state index contributed by atoms with van der Waals surface area (Å²) in [6.45, 7) is 0.677. The van der Waals surface area contributed by atoms with Crippen LogP contribution < -0.4 is 14.8 Å². The van der Waals surface area contributed by atoms with Crippen LogP contribution in [0, 0.1) is 0 Å². The lowest BCUT2D eigenvalue weighted by Gasteiger charge is -2.06. The third-order valence-corrected chi connectivity index (χ3v) is 3.54. The molecule has 0 aliphatic heterocycles. The van der Waals surface area contributed by atoms with Gasteiger partial charge in [-0.3, -0.25) is 0 Å². The van der Waals surface area contributed by atoms with E-state index in [9.17, 15) is 0 Å². The molecule has 2 aromatic carbocycles. The standard InChI is InChI=1S/C18H19NO2S/c1-20-16-9-5-14(6-10-16)4-3-13-19-18(22)15-7-11-17(21-2)12-8-15/h3-12H,13H2,1-2H3,(H,19,22)/b4-3+. The molecule has 114 valence electrons. The zero-order chi connectivity index (χ0) is 15.8. The van der Waals surface area contributed by atoms with E-state index in [4.69, 9.17) is 21.7 Å². The van der Waals surface area contributed by atoms with Crippen LogP contribution in [-0.4, -0.2) is 25.8 Å². The maximum Gasteiger partial charge on any atom is 0.118 e. The largest absolute Gasteiger partial charge is 0.497 e. The molecule has 0 bridgehead atoms. The van der Waals surface area contributed by atoms with Gasteiger partial charge >= 0.3 is 0 Å². The summed E-state index contributed by atoms with van der Waals surface area (Å²) >= 11 is 5.36. The third kappa shape index (κ3) is 4.60. The van der Waals surface area contributed by atoms with Crippen molar-refractivity contribution in [2.75, 3.05) is 20.8 Å². The fraction of sp³-hybridized carbons (Fsp3) is 0.167. The average molecular weight is 313 g/mol. The molecule has 0 saturated carbocycles. The number of nitrogens with one attached hydrogen (secondary N) is 1. The van der Waals surface area contributed by atoms with E-state index in [0.717, 1.165) is 27.6 Å². The van der Waals surface area contributed by atoms with Crippen molar-refractivity contribution >= 4 is 23.3 Å². The topological polar surface area (TPSA) is 30.5 Å².